The van der Waals surface area contributed by atoms with Gasteiger partial charge in [-0.3, -0.25) is 9.89 Å². The highest BCUT2D eigenvalue weighted by atomic mass is 16.2. The third-order valence-corrected chi connectivity index (χ3v) is 2.39. The number of aromatic amines is 1. The van der Waals surface area contributed by atoms with E-state index in [0.717, 1.165) is 5.56 Å². The molecule has 0 saturated carbocycles. The van der Waals surface area contributed by atoms with E-state index in [9.17, 15) is 4.79 Å². The average Bonchev–Trinajstić information content (AvgIpc) is 2.81. The number of carbonyl (C=O) groups excluding carboxylic acids is 1. The molecule has 1 amide bonds. The number of amides is 1. The summed E-state index contributed by atoms with van der Waals surface area (Å²) in [6.45, 7) is 3.31. The summed E-state index contributed by atoms with van der Waals surface area (Å²) in [6, 6.07) is 7.31. The lowest BCUT2D eigenvalue weighted by atomic mass is 10.1. The molecule has 4 N–H and O–H groups in total. The smallest absolute Gasteiger partial charge is 0.243 e. The van der Waals surface area contributed by atoms with Crippen LogP contribution in [0.3, 0.4) is 0 Å². The summed E-state index contributed by atoms with van der Waals surface area (Å²) in [5.74, 6) is 0.412. The number of hydrogen-bond donors (Lipinski definition) is 3. The first-order valence-corrected chi connectivity index (χ1v) is 5.53. The lowest BCUT2D eigenvalue weighted by Gasteiger charge is -2.17. The van der Waals surface area contributed by atoms with Gasteiger partial charge in [-0.2, -0.15) is 5.10 Å². The fourth-order valence-electron chi connectivity index (χ4n) is 1.38. The Labute approximate surface area is 105 Å². The van der Waals surface area contributed by atoms with Crippen molar-refractivity contribution < 1.29 is 4.79 Å². The molecule has 18 heavy (non-hydrogen) atoms. The van der Waals surface area contributed by atoms with Crippen LogP contribution in [-0.2, 0) is 4.79 Å². The Hall–Kier alpha value is -2.21. The Balaban J connectivity index is 2.21. The van der Waals surface area contributed by atoms with E-state index in [-0.39, 0.29) is 5.91 Å². The van der Waals surface area contributed by atoms with Gasteiger partial charge in [0.15, 0.2) is 5.82 Å². The Kier molecular flexibility index (Phi) is 3.12. The van der Waals surface area contributed by atoms with Crippen LogP contribution in [-0.4, -0.2) is 26.6 Å². The molecule has 0 atom stereocenters. The van der Waals surface area contributed by atoms with Crippen molar-refractivity contribution in [1.82, 2.24) is 15.2 Å². The first-order valence-electron chi connectivity index (χ1n) is 5.53. The van der Waals surface area contributed by atoms with Crippen LogP contribution in [0, 0.1) is 0 Å². The molecule has 0 aliphatic heterocycles. The maximum Gasteiger partial charge on any atom is 0.243 e. The van der Waals surface area contributed by atoms with Crippen LogP contribution in [0.1, 0.15) is 13.8 Å². The largest absolute Gasteiger partial charge is 0.324 e. The molecule has 0 fully saturated rings. The monoisotopic (exact) mass is 245 g/mol. The molecule has 0 radical (unpaired) electrons. The van der Waals surface area contributed by atoms with Crippen molar-refractivity contribution in [2.75, 3.05) is 5.32 Å². The number of anilines is 1. The van der Waals surface area contributed by atoms with Crippen molar-refractivity contribution >= 4 is 11.6 Å². The second-order valence-corrected chi connectivity index (χ2v) is 4.59. The molecule has 0 aliphatic rings. The summed E-state index contributed by atoms with van der Waals surface area (Å²) >= 11 is 0. The number of nitrogens with one attached hydrogen (secondary N) is 2. The molecule has 2 rings (SSSR count). The maximum absolute atomic E-state index is 11.8. The first-order chi connectivity index (χ1) is 8.47. The predicted molar refractivity (Wildman–Crippen MR) is 68.7 cm³/mol. The minimum atomic E-state index is -0.914. The topological polar surface area (TPSA) is 96.7 Å². The van der Waals surface area contributed by atoms with Gasteiger partial charge in [0, 0.05) is 11.3 Å². The van der Waals surface area contributed by atoms with Gasteiger partial charge in [-0.15, -0.1) is 0 Å². The zero-order chi connectivity index (χ0) is 13.2. The van der Waals surface area contributed by atoms with Crippen molar-refractivity contribution in [3.05, 3.63) is 30.6 Å². The van der Waals surface area contributed by atoms with E-state index < -0.39 is 5.54 Å². The molecule has 2 aromatic rings. The maximum atomic E-state index is 11.8. The van der Waals surface area contributed by atoms with Gasteiger partial charge in [0.1, 0.15) is 6.33 Å². The minimum absolute atomic E-state index is 0.239. The fraction of sp³-hybridized carbons (Fsp3) is 0.250. The van der Waals surface area contributed by atoms with Crippen LogP contribution in [0.5, 0.6) is 0 Å². The Bertz CT molecular complexity index is 542. The van der Waals surface area contributed by atoms with Gasteiger partial charge in [0.05, 0.1) is 5.54 Å². The van der Waals surface area contributed by atoms with Crippen molar-refractivity contribution in [3.8, 4) is 11.4 Å². The Morgan fingerprint density at radius 3 is 2.83 bits per heavy atom. The van der Waals surface area contributed by atoms with Crippen molar-refractivity contribution in [1.29, 1.82) is 0 Å². The van der Waals surface area contributed by atoms with Gasteiger partial charge >= 0.3 is 0 Å². The molecule has 6 nitrogen and oxygen atoms in total. The number of H-pyrrole nitrogens is 1. The third kappa shape index (κ3) is 2.72. The minimum Gasteiger partial charge on any atom is -0.324 e. The molecule has 0 spiro atoms. The molecule has 6 heteroatoms. The van der Waals surface area contributed by atoms with Gasteiger partial charge < -0.3 is 11.1 Å². The van der Waals surface area contributed by atoms with Crippen molar-refractivity contribution in [2.45, 2.75) is 19.4 Å². The lowest BCUT2D eigenvalue weighted by Crippen LogP contribution is -2.45. The van der Waals surface area contributed by atoms with E-state index in [1.165, 1.54) is 6.33 Å². The number of nitrogens with zero attached hydrogens (tertiary/aromatic N) is 2. The Morgan fingerprint density at radius 2 is 2.22 bits per heavy atom. The van der Waals surface area contributed by atoms with Crippen molar-refractivity contribution in [3.63, 3.8) is 0 Å². The average molecular weight is 245 g/mol. The molecule has 0 bridgehead atoms. The van der Waals surface area contributed by atoms with Gasteiger partial charge in [-0.1, -0.05) is 12.1 Å². The first kappa shape index (κ1) is 12.3. The third-order valence-electron chi connectivity index (χ3n) is 2.39. The molecular weight excluding hydrogens is 230 g/mol. The molecule has 1 heterocycles. The van der Waals surface area contributed by atoms with Gasteiger partial charge in [0.2, 0.25) is 5.91 Å². The summed E-state index contributed by atoms with van der Waals surface area (Å²) in [4.78, 5) is 15.8. The normalized spacial score (nSPS) is 11.3. The zero-order valence-electron chi connectivity index (χ0n) is 10.3. The number of aromatic nitrogens is 3. The molecule has 0 aliphatic carbocycles. The molecular formula is C12H15N5O. The molecule has 1 aromatic carbocycles. The lowest BCUT2D eigenvalue weighted by molar-refractivity contribution is -0.120. The number of hydrogen-bond acceptors (Lipinski definition) is 4. The van der Waals surface area contributed by atoms with Gasteiger partial charge in [0.25, 0.3) is 0 Å². The van der Waals surface area contributed by atoms with E-state index in [0.29, 0.717) is 11.5 Å². The summed E-state index contributed by atoms with van der Waals surface area (Å²) < 4.78 is 0. The number of nitrogens with two attached hydrogens (primary N) is 1. The van der Waals surface area contributed by atoms with E-state index in [4.69, 9.17) is 5.73 Å². The van der Waals surface area contributed by atoms with Crippen LogP contribution in [0.25, 0.3) is 11.4 Å². The Morgan fingerprint density at radius 1 is 1.44 bits per heavy atom. The van der Waals surface area contributed by atoms with Gasteiger partial charge in [-0.05, 0) is 26.0 Å². The number of benzene rings is 1. The second-order valence-electron chi connectivity index (χ2n) is 4.59. The van der Waals surface area contributed by atoms with Crippen LogP contribution >= 0.6 is 0 Å². The predicted octanol–water partition coefficient (Wildman–Crippen LogP) is 1.15. The summed E-state index contributed by atoms with van der Waals surface area (Å²) in [5, 5.41) is 9.31. The highest BCUT2D eigenvalue weighted by Gasteiger charge is 2.21. The highest BCUT2D eigenvalue weighted by Crippen LogP contribution is 2.19. The fourth-order valence-corrected chi connectivity index (χ4v) is 1.38. The summed E-state index contributed by atoms with van der Waals surface area (Å²) in [7, 11) is 0. The molecule has 0 unspecified atom stereocenters. The van der Waals surface area contributed by atoms with E-state index in [1.807, 2.05) is 18.2 Å². The van der Waals surface area contributed by atoms with Crippen LogP contribution in [0.4, 0.5) is 5.69 Å². The number of carbonyl (C=O) groups is 1. The molecule has 94 valence electrons. The summed E-state index contributed by atoms with van der Waals surface area (Å²) in [5.41, 5.74) is 6.33. The SMILES string of the molecule is CC(C)(N)C(=O)Nc1cccc(-c2ncn[nH]2)c1. The van der Waals surface area contributed by atoms with E-state index in [1.54, 1.807) is 19.9 Å². The molecule has 1 aromatic heterocycles. The molecule has 0 saturated heterocycles. The second kappa shape index (κ2) is 4.58. The summed E-state index contributed by atoms with van der Waals surface area (Å²) in [6.07, 6.45) is 1.43. The number of rotatable bonds is 3. The van der Waals surface area contributed by atoms with Crippen LogP contribution in [0.2, 0.25) is 0 Å². The van der Waals surface area contributed by atoms with Crippen molar-refractivity contribution in [2.24, 2.45) is 5.73 Å². The van der Waals surface area contributed by atoms with Crippen LogP contribution in [0.15, 0.2) is 30.6 Å². The quantitative estimate of drug-likeness (QED) is 0.755. The van der Waals surface area contributed by atoms with Crippen LogP contribution < -0.4 is 11.1 Å². The standard InChI is InChI=1S/C12H15N5O/c1-12(2,13)11(18)16-9-5-3-4-8(6-9)10-14-7-15-17-10/h3-7H,13H2,1-2H3,(H,16,18)(H,14,15,17). The zero-order valence-corrected chi connectivity index (χ0v) is 10.3. The van der Waals surface area contributed by atoms with Gasteiger partial charge in [-0.25, -0.2) is 4.98 Å². The highest BCUT2D eigenvalue weighted by molar-refractivity contribution is 5.97. The van der Waals surface area contributed by atoms with E-state index >= 15 is 0 Å². The van der Waals surface area contributed by atoms with E-state index in [2.05, 4.69) is 20.5 Å².